The first kappa shape index (κ1) is 21.0. The summed E-state index contributed by atoms with van der Waals surface area (Å²) in [7, 11) is 3.08. The predicted molar refractivity (Wildman–Crippen MR) is 92.8 cm³/mol. The van der Waals surface area contributed by atoms with Gasteiger partial charge < -0.3 is 14.5 Å². The molecular weight excluding hydrogens is 324 g/mol. The average molecular weight is 352 g/mol. The SMILES string of the molecule is C=CCC[C@@H](C(=O)C(=O)N1CCOCC1)[C@H](C(=O)CC)C(=O)N(C)C. The lowest BCUT2D eigenvalue weighted by atomic mass is 9.80. The lowest BCUT2D eigenvalue weighted by molar-refractivity contribution is -0.154. The highest BCUT2D eigenvalue weighted by Gasteiger charge is 2.42. The number of carbonyl (C=O) groups is 4. The molecule has 1 rings (SSSR count). The van der Waals surface area contributed by atoms with E-state index in [2.05, 4.69) is 6.58 Å². The minimum absolute atomic E-state index is 0.133. The van der Waals surface area contributed by atoms with Gasteiger partial charge in [0, 0.05) is 39.5 Å². The molecule has 7 heteroatoms. The minimum Gasteiger partial charge on any atom is -0.378 e. The van der Waals surface area contributed by atoms with Gasteiger partial charge in [0.15, 0.2) is 0 Å². The van der Waals surface area contributed by atoms with Crippen molar-refractivity contribution in [3.05, 3.63) is 12.7 Å². The first-order valence-corrected chi connectivity index (χ1v) is 8.60. The van der Waals surface area contributed by atoms with Crippen molar-refractivity contribution in [3.63, 3.8) is 0 Å². The number of hydrogen-bond acceptors (Lipinski definition) is 5. The number of nitrogens with zero attached hydrogens (tertiary/aromatic N) is 2. The minimum atomic E-state index is -1.13. The summed E-state index contributed by atoms with van der Waals surface area (Å²) < 4.78 is 5.19. The second-order valence-electron chi connectivity index (χ2n) is 6.27. The molecule has 1 aliphatic heterocycles. The number of carbonyl (C=O) groups excluding carboxylic acids is 4. The van der Waals surface area contributed by atoms with E-state index in [-0.39, 0.29) is 18.6 Å². The number of Topliss-reactive ketones (excluding diaryl/α,β-unsaturated/α-hetero) is 2. The molecule has 1 aliphatic rings. The second-order valence-corrected chi connectivity index (χ2v) is 6.27. The van der Waals surface area contributed by atoms with E-state index >= 15 is 0 Å². The Kier molecular flexibility index (Phi) is 8.48. The Morgan fingerprint density at radius 2 is 1.80 bits per heavy atom. The second kappa shape index (κ2) is 10.1. The van der Waals surface area contributed by atoms with Gasteiger partial charge in [0.25, 0.3) is 5.91 Å². The Hall–Kier alpha value is -2.02. The zero-order valence-corrected chi connectivity index (χ0v) is 15.3. The molecule has 2 amide bonds. The van der Waals surface area contributed by atoms with Gasteiger partial charge in [0.05, 0.1) is 13.2 Å². The Morgan fingerprint density at radius 1 is 1.20 bits per heavy atom. The van der Waals surface area contributed by atoms with Gasteiger partial charge in [-0.15, -0.1) is 6.58 Å². The number of morpholine rings is 1. The number of allylic oxidation sites excluding steroid dienone is 1. The zero-order chi connectivity index (χ0) is 19.0. The Morgan fingerprint density at radius 3 is 2.28 bits per heavy atom. The molecule has 0 N–H and O–H groups in total. The quantitative estimate of drug-likeness (QED) is 0.346. The summed E-state index contributed by atoms with van der Waals surface area (Å²) in [5, 5.41) is 0. The van der Waals surface area contributed by atoms with Crippen molar-refractivity contribution in [2.75, 3.05) is 40.4 Å². The lowest BCUT2D eigenvalue weighted by Crippen LogP contribution is -2.49. The first-order chi connectivity index (χ1) is 11.8. The van der Waals surface area contributed by atoms with Crippen LogP contribution in [0, 0.1) is 11.8 Å². The summed E-state index contributed by atoms with van der Waals surface area (Å²) in [6, 6.07) is 0. The molecule has 2 atom stereocenters. The molecule has 0 aromatic carbocycles. The smallest absolute Gasteiger partial charge is 0.290 e. The molecule has 1 saturated heterocycles. The van der Waals surface area contributed by atoms with Gasteiger partial charge in [-0.3, -0.25) is 19.2 Å². The highest BCUT2D eigenvalue weighted by molar-refractivity contribution is 6.38. The number of ketones is 2. The van der Waals surface area contributed by atoms with Gasteiger partial charge in [0.2, 0.25) is 11.7 Å². The highest BCUT2D eigenvalue weighted by atomic mass is 16.5. The summed E-state index contributed by atoms with van der Waals surface area (Å²) in [5.41, 5.74) is 0. The topological polar surface area (TPSA) is 84.0 Å². The molecular formula is C18H28N2O5. The van der Waals surface area contributed by atoms with Crippen molar-refractivity contribution in [3.8, 4) is 0 Å². The van der Waals surface area contributed by atoms with Crippen molar-refractivity contribution in [2.24, 2.45) is 11.8 Å². The molecule has 0 aliphatic carbocycles. The normalized spacial score (nSPS) is 16.7. The van der Waals surface area contributed by atoms with Crippen LogP contribution in [0.1, 0.15) is 26.2 Å². The first-order valence-electron chi connectivity index (χ1n) is 8.60. The molecule has 140 valence electrons. The van der Waals surface area contributed by atoms with Crippen molar-refractivity contribution in [2.45, 2.75) is 26.2 Å². The monoisotopic (exact) mass is 352 g/mol. The third-order valence-electron chi connectivity index (χ3n) is 4.33. The highest BCUT2D eigenvalue weighted by Crippen LogP contribution is 2.25. The predicted octanol–water partition coefficient (Wildman–Crippen LogP) is 0.680. The molecule has 0 spiro atoms. The van der Waals surface area contributed by atoms with E-state index in [0.717, 1.165) is 0 Å². The average Bonchev–Trinajstić information content (AvgIpc) is 2.63. The number of ether oxygens (including phenoxy) is 1. The molecule has 0 aromatic rings. The van der Waals surface area contributed by atoms with E-state index in [1.54, 1.807) is 13.0 Å². The van der Waals surface area contributed by atoms with Crippen molar-refractivity contribution >= 4 is 23.4 Å². The molecule has 0 unspecified atom stereocenters. The Bertz CT molecular complexity index is 524. The van der Waals surface area contributed by atoms with Crippen LogP contribution in [-0.2, 0) is 23.9 Å². The van der Waals surface area contributed by atoms with E-state index in [1.165, 1.54) is 23.9 Å². The van der Waals surface area contributed by atoms with Crippen LogP contribution in [0.3, 0.4) is 0 Å². The molecule has 1 heterocycles. The van der Waals surface area contributed by atoms with E-state index < -0.39 is 29.4 Å². The van der Waals surface area contributed by atoms with Crippen molar-refractivity contribution < 1.29 is 23.9 Å². The fourth-order valence-electron chi connectivity index (χ4n) is 2.86. The van der Waals surface area contributed by atoms with E-state index in [1.807, 2.05) is 0 Å². The standard InChI is InChI=1S/C18H28N2O5/c1-5-7-8-13(15(14(21)6-2)17(23)19(3)4)16(22)18(24)20-9-11-25-12-10-20/h5,13,15H,1,6-12H2,2-4H3/t13-,15-/m1/s1. The van der Waals surface area contributed by atoms with Crippen LogP contribution in [0.5, 0.6) is 0 Å². The van der Waals surface area contributed by atoms with E-state index in [4.69, 9.17) is 4.74 Å². The van der Waals surface area contributed by atoms with E-state index in [0.29, 0.717) is 32.7 Å². The molecule has 0 aromatic heterocycles. The third kappa shape index (κ3) is 5.49. The molecule has 25 heavy (non-hydrogen) atoms. The maximum atomic E-state index is 12.8. The zero-order valence-electron chi connectivity index (χ0n) is 15.3. The van der Waals surface area contributed by atoms with Gasteiger partial charge in [0.1, 0.15) is 11.7 Å². The van der Waals surface area contributed by atoms with Gasteiger partial charge in [-0.25, -0.2) is 0 Å². The van der Waals surface area contributed by atoms with Crippen molar-refractivity contribution in [1.82, 2.24) is 9.80 Å². The number of amides is 2. The summed E-state index contributed by atoms with van der Waals surface area (Å²) in [5.74, 6) is -4.17. The van der Waals surface area contributed by atoms with Gasteiger partial charge in [-0.05, 0) is 12.8 Å². The van der Waals surface area contributed by atoms with Gasteiger partial charge in [-0.1, -0.05) is 13.0 Å². The summed E-state index contributed by atoms with van der Waals surface area (Å²) >= 11 is 0. The van der Waals surface area contributed by atoms with Crippen LogP contribution >= 0.6 is 0 Å². The Balaban J connectivity index is 3.11. The summed E-state index contributed by atoms with van der Waals surface area (Å²) in [6.07, 6.45) is 2.44. The van der Waals surface area contributed by atoms with Crippen LogP contribution in [0.15, 0.2) is 12.7 Å². The van der Waals surface area contributed by atoms with Crippen molar-refractivity contribution in [1.29, 1.82) is 0 Å². The molecule has 0 saturated carbocycles. The van der Waals surface area contributed by atoms with Crippen LogP contribution < -0.4 is 0 Å². The van der Waals surface area contributed by atoms with Gasteiger partial charge >= 0.3 is 0 Å². The van der Waals surface area contributed by atoms with Crippen LogP contribution in [0.4, 0.5) is 0 Å². The van der Waals surface area contributed by atoms with E-state index in [9.17, 15) is 19.2 Å². The fraction of sp³-hybridized carbons (Fsp3) is 0.667. The molecule has 0 bridgehead atoms. The maximum Gasteiger partial charge on any atom is 0.290 e. The molecule has 1 fully saturated rings. The molecule has 7 nitrogen and oxygen atoms in total. The Labute approximate surface area is 149 Å². The summed E-state index contributed by atoms with van der Waals surface area (Å²) in [4.78, 5) is 53.1. The van der Waals surface area contributed by atoms with Gasteiger partial charge in [-0.2, -0.15) is 0 Å². The summed E-state index contributed by atoms with van der Waals surface area (Å²) in [6.45, 7) is 6.72. The van der Waals surface area contributed by atoms with Crippen LogP contribution in [0.25, 0.3) is 0 Å². The van der Waals surface area contributed by atoms with Crippen LogP contribution in [-0.4, -0.2) is 73.6 Å². The molecule has 0 radical (unpaired) electrons. The third-order valence-corrected chi connectivity index (χ3v) is 4.33. The fourth-order valence-corrected chi connectivity index (χ4v) is 2.86. The number of hydrogen-bond donors (Lipinski definition) is 0. The van der Waals surface area contributed by atoms with Crippen LogP contribution in [0.2, 0.25) is 0 Å². The maximum absolute atomic E-state index is 12.8. The number of rotatable bonds is 9. The largest absolute Gasteiger partial charge is 0.378 e. The lowest BCUT2D eigenvalue weighted by Gasteiger charge is -2.30.